The molecule has 1 aliphatic rings. The van der Waals surface area contributed by atoms with Crippen molar-refractivity contribution < 1.29 is 4.79 Å². The number of hydrogen-bond donors (Lipinski definition) is 2. The molecule has 0 aromatic rings. The second kappa shape index (κ2) is 5.22. The fourth-order valence-corrected chi connectivity index (χ4v) is 2.02. The minimum atomic E-state index is 0.188. The SMILES string of the molecule is CNC(=O)CC1CCC(NC)CC1. The zero-order valence-electron chi connectivity index (χ0n) is 8.60. The van der Waals surface area contributed by atoms with Crippen molar-refractivity contribution in [3.63, 3.8) is 0 Å². The molecule has 0 aromatic heterocycles. The minimum absolute atomic E-state index is 0.188. The predicted octanol–water partition coefficient (Wildman–Crippen LogP) is 0.901. The first-order valence-corrected chi connectivity index (χ1v) is 5.14. The Labute approximate surface area is 80.3 Å². The Morgan fingerprint density at radius 1 is 1.23 bits per heavy atom. The first kappa shape index (κ1) is 10.5. The van der Waals surface area contributed by atoms with Crippen LogP contribution in [0.1, 0.15) is 32.1 Å². The third kappa shape index (κ3) is 3.35. The summed E-state index contributed by atoms with van der Waals surface area (Å²) in [7, 11) is 3.73. The number of hydrogen-bond acceptors (Lipinski definition) is 2. The summed E-state index contributed by atoms with van der Waals surface area (Å²) in [6, 6.07) is 0.681. The van der Waals surface area contributed by atoms with E-state index in [4.69, 9.17) is 0 Å². The van der Waals surface area contributed by atoms with Crippen molar-refractivity contribution >= 4 is 5.91 Å². The van der Waals surface area contributed by atoms with Gasteiger partial charge in [-0.25, -0.2) is 0 Å². The Hall–Kier alpha value is -0.570. The van der Waals surface area contributed by atoms with E-state index in [0.717, 1.165) is 0 Å². The summed E-state index contributed by atoms with van der Waals surface area (Å²) in [6.07, 6.45) is 5.54. The molecule has 0 aliphatic heterocycles. The Kier molecular flexibility index (Phi) is 4.22. The van der Waals surface area contributed by atoms with Crippen molar-refractivity contribution in [1.29, 1.82) is 0 Å². The molecule has 0 radical (unpaired) electrons. The summed E-state index contributed by atoms with van der Waals surface area (Å²) in [5.74, 6) is 0.803. The van der Waals surface area contributed by atoms with E-state index in [1.54, 1.807) is 7.05 Å². The lowest BCUT2D eigenvalue weighted by Gasteiger charge is -2.27. The van der Waals surface area contributed by atoms with Crippen LogP contribution in [-0.2, 0) is 4.79 Å². The van der Waals surface area contributed by atoms with Gasteiger partial charge in [0.15, 0.2) is 0 Å². The number of carbonyl (C=O) groups excluding carboxylic acids is 1. The van der Waals surface area contributed by atoms with Crippen LogP contribution in [0.15, 0.2) is 0 Å². The van der Waals surface area contributed by atoms with Crippen molar-refractivity contribution in [2.45, 2.75) is 38.1 Å². The molecule has 13 heavy (non-hydrogen) atoms. The summed E-state index contributed by atoms with van der Waals surface area (Å²) < 4.78 is 0. The molecule has 0 atom stereocenters. The molecule has 2 N–H and O–H groups in total. The van der Waals surface area contributed by atoms with Gasteiger partial charge in [0, 0.05) is 19.5 Å². The zero-order chi connectivity index (χ0) is 9.68. The largest absolute Gasteiger partial charge is 0.359 e. The number of nitrogens with one attached hydrogen (secondary N) is 2. The second-order valence-corrected chi connectivity index (χ2v) is 3.88. The van der Waals surface area contributed by atoms with Gasteiger partial charge in [0.1, 0.15) is 0 Å². The van der Waals surface area contributed by atoms with E-state index in [-0.39, 0.29) is 5.91 Å². The van der Waals surface area contributed by atoms with Crippen molar-refractivity contribution in [3.8, 4) is 0 Å². The van der Waals surface area contributed by atoms with Crippen molar-refractivity contribution in [2.75, 3.05) is 14.1 Å². The first-order valence-electron chi connectivity index (χ1n) is 5.14. The van der Waals surface area contributed by atoms with E-state index in [9.17, 15) is 4.79 Å². The van der Waals surface area contributed by atoms with E-state index >= 15 is 0 Å². The van der Waals surface area contributed by atoms with Gasteiger partial charge in [-0.1, -0.05) is 0 Å². The van der Waals surface area contributed by atoms with Gasteiger partial charge in [-0.3, -0.25) is 4.79 Å². The molecule has 0 bridgehead atoms. The van der Waals surface area contributed by atoms with Gasteiger partial charge >= 0.3 is 0 Å². The predicted molar refractivity (Wildman–Crippen MR) is 53.5 cm³/mol. The first-order chi connectivity index (χ1) is 6.26. The van der Waals surface area contributed by atoms with Gasteiger partial charge in [0.2, 0.25) is 5.91 Å². The zero-order valence-corrected chi connectivity index (χ0v) is 8.60. The highest BCUT2D eigenvalue weighted by atomic mass is 16.1. The monoisotopic (exact) mass is 184 g/mol. The maximum Gasteiger partial charge on any atom is 0.220 e. The maximum atomic E-state index is 11.1. The molecule has 1 saturated carbocycles. The highest BCUT2D eigenvalue weighted by Crippen LogP contribution is 2.26. The van der Waals surface area contributed by atoms with Crippen LogP contribution in [0.4, 0.5) is 0 Å². The number of amides is 1. The molecule has 1 aliphatic carbocycles. The average Bonchev–Trinajstić information content (AvgIpc) is 2.19. The third-order valence-corrected chi connectivity index (χ3v) is 3.01. The molecule has 1 amide bonds. The fraction of sp³-hybridized carbons (Fsp3) is 0.900. The van der Waals surface area contributed by atoms with Crippen LogP contribution >= 0.6 is 0 Å². The Morgan fingerprint density at radius 3 is 2.31 bits per heavy atom. The lowest BCUT2D eigenvalue weighted by Crippen LogP contribution is -2.31. The van der Waals surface area contributed by atoms with Gasteiger partial charge in [-0.05, 0) is 38.6 Å². The summed E-state index contributed by atoms with van der Waals surface area (Å²) in [6.45, 7) is 0. The van der Waals surface area contributed by atoms with Crippen LogP contribution < -0.4 is 10.6 Å². The molecular weight excluding hydrogens is 164 g/mol. The molecule has 0 aromatic carbocycles. The maximum absolute atomic E-state index is 11.1. The quantitative estimate of drug-likeness (QED) is 0.684. The highest BCUT2D eigenvalue weighted by Gasteiger charge is 2.21. The van der Waals surface area contributed by atoms with Crippen molar-refractivity contribution in [1.82, 2.24) is 10.6 Å². The molecule has 3 heteroatoms. The standard InChI is InChI=1S/C10H20N2O/c1-11-9-5-3-8(4-6-9)7-10(13)12-2/h8-9,11H,3-7H2,1-2H3,(H,12,13). The van der Waals surface area contributed by atoms with E-state index in [0.29, 0.717) is 18.4 Å². The lowest BCUT2D eigenvalue weighted by atomic mass is 9.84. The van der Waals surface area contributed by atoms with Crippen LogP contribution in [0.3, 0.4) is 0 Å². The van der Waals surface area contributed by atoms with E-state index in [1.165, 1.54) is 25.7 Å². The number of rotatable bonds is 3. The molecular formula is C10H20N2O. The van der Waals surface area contributed by atoms with E-state index in [1.807, 2.05) is 7.05 Å². The van der Waals surface area contributed by atoms with Crippen molar-refractivity contribution in [3.05, 3.63) is 0 Å². The molecule has 76 valence electrons. The molecule has 0 unspecified atom stereocenters. The Morgan fingerprint density at radius 2 is 1.85 bits per heavy atom. The number of carbonyl (C=O) groups is 1. The van der Waals surface area contributed by atoms with Crippen LogP contribution in [0.25, 0.3) is 0 Å². The van der Waals surface area contributed by atoms with Crippen LogP contribution in [0.5, 0.6) is 0 Å². The summed E-state index contributed by atoms with van der Waals surface area (Å²) in [5.41, 5.74) is 0. The minimum Gasteiger partial charge on any atom is -0.359 e. The summed E-state index contributed by atoms with van der Waals surface area (Å²) in [5, 5.41) is 5.97. The van der Waals surface area contributed by atoms with Gasteiger partial charge in [-0.2, -0.15) is 0 Å². The van der Waals surface area contributed by atoms with Gasteiger partial charge < -0.3 is 10.6 Å². The Balaban J connectivity index is 2.21. The lowest BCUT2D eigenvalue weighted by molar-refractivity contribution is -0.121. The molecule has 1 rings (SSSR count). The Bertz CT molecular complexity index is 162. The topological polar surface area (TPSA) is 41.1 Å². The molecule has 0 heterocycles. The highest BCUT2D eigenvalue weighted by molar-refractivity contribution is 5.75. The van der Waals surface area contributed by atoms with Gasteiger partial charge in [0.05, 0.1) is 0 Å². The summed E-state index contributed by atoms with van der Waals surface area (Å²) in [4.78, 5) is 11.1. The third-order valence-electron chi connectivity index (χ3n) is 3.01. The van der Waals surface area contributed by atoms with Gasteiger partial charge in [0.25, 0.3) is 0 Å². The van der Waals surface area contributed by atoms with E-state index in [2.05, 4.69) is 10.6 Å². The normalized spacial score (nSPS) is 28.5. The molecule has 3 nitrogen and oxygen atoms in total. The van der Waals surface area contributed by atoms with E-state index < -0.39 is 0 Å². The molecule has 0 saturated heterocycles. The second-order valence-electron chi connectivity index (χ2n) is 3.88. The van der Waals surface area contributed by atoms with Crippen LogP contribution in [-0.4, -0.2) is 26.0 Å². The summed E-state index contributed by atoms with van der Waals surface area (Å²) >= 11 is 0. The van der Waals surface area contributed by atoms with Gasteiger partial charge in [-0.15, -0.1) is 0 Å². The average molecular weight is 184 g/mol. The fourth-order valence-electron chi connectivity index (χ4n) is 2.02. The van der Waals surface area contributed by atoms with Crippen LogP contribution in [0.2, 0.25) is 0 Å². The smallest absolute Gasteiger partial charge is 0.220 e. The molecule has 0 spiro atoms. The van der Waals surface area contributed by atoms with Crippen molar-refractivity contribution in [2.24, 2.45) is 5.92 Å². The molecule has 1 fully saturated rings. The van der Waals surface area contributed by atoms with Crippen LogP contribution in [0, 0.1) is 5.92 Å².